The normalized spacial score (nSPS) is 45.9. The molecule has 0 aromatic heterocycles. The standard InChI is InChI=1S/C19H14Cl4O4/c1-26-19(27-2)17(22)13-7-3-4-8(12-10(25)6-5-9(24)11(7)12)14(13)18(19,23)16(21)15(17)20/h3-8,13-14H,1-2H3/t7-,8+,13-,14+,17-,18+. The van der Waals surface area contributed by atoms with Crippen molar-refractivity contribution in [3.05, 3.63) is 45.5 Å². The molecule has 0 aliphatic heterocycles. The van der Waals surface area contributed by atoms with Crippen LogP contribution in [0.25, 0.3) is 0 Å². The molecule has 6 aliphatic rings. The lowest BCUT2D eigenvalue weighted by atomic mass is 9.54. The second-order valence-corrected chi connectivity index (χ2v) is 9.40. The number of halogens is 4. The third kappa shape index (κ3) is 1.59. The summed E-state index contributed by atoms with van der Waals surface area (Å²) < 4.78 is 11.6. The van der Waals surface area contributed by atoms with Crippen LogP contribution < -0.4 is 0 Å². The Morgan fingerprint density at radius 1 is 0.815 bits per heavy atom. The summed E-state index contributed by atoms with van der Waals surface area (Å²) in [6, 6.07) is 0. The maximum atomic E-state index is 12.6. The Balaban J connectivity index is 1.82. The van der Waals surface area contributed by atoms with Crippen LogP contribution in [0.1, 0.15) is 0 Å². The van der Waals surface area contributed by atoms with Gasteiger partial charge in [-0.25, -0.2) is 0 Å². The zero-order valence-corrected chi connectivity index (χ0v) is 17.3. The minimum Gasteiger partial charge on any atom is -0.350 e. The van der Waals surface area contributed by atoms with Crippen molar-refractivity contribution in [1.29, 1.82) is 0 Å². The first kappa shape index (κ1) is 18.4. The number of allylic oxidation sites excluding steroid dienone is 6. The number of ketones is 2. The number of fused-ring (bicyclic) bond motifs is 2. The number of carbonyl (C=O) groups excluding carboxylic acids is 2. The predicted molar refractivity (Wildman–Crippen MR) is 102 cm³/mol. The summed E-state index contributed by atoms with van der Waals surface area (Å²) in [5.41, 5.74) is 0.927. The Hall–Kier alpha value is -0.620. The smallest absolute Gasteiger partial charge is 0.217 e. The lowest BCUT2D eigenvalue weighted by Crippen LogP contribution is -2.57. The van der Waals surface area contributed by atoms with Gasteiger partial charge in [0.1, 0.15) is 9.75 Å². The zero-order valence-electron chi connectivity index (χ0n) is 14.3. The molecule has 1 saturated carbocycles. The van der Waals surface area contributed by atoms with Crippen molar-refractivity contribution in [2.45, 2.75) is 15.5 Å². The number of hydrogen-bond acceptors (Lipinski definition) is 4. The van der Waals surface area contributed by atoms with Gasteiger partial charge in [0.2, 0.25) is 5.79 Å². The van der Waals surface area contributed by atoms with E-state index in [4.69, 9.17) is 55.9 Å². The van der Waals surface area contributed by atoms with Gasteiger partial charge in [0, 0.05) is 49.0 Å². The van der Waals surface area contributed by atoms with Crippen molar-refractivity contribution in [2.75, 3.05) is 14.2 Å². The van der Waals surface area contributed by atoms with Gasteiger partial charge in [0.05, 0.1) is 10.1 Å². The summed E-state index contributed by atoms with van der Waals surface area (Å²) in [6.45, 7) is 0. The molecule has 0 heterocycles. The molecule has 6 aliphatic carbocycles. The molecular formula is C19H14Cl4O4. The molecule has 0 radical (unpaired) electrons. The first-order valence-corrected chi connectivity index (χ1v) is 9.97. The van der Waals surface area contributed by atoms with Gasteiger partial charge in [-0.3, -0.25) is 9.59 Å². The Kier molecular flexibility index (Phi) is 3.61. The molecule has 0 spiro atoms. The Morgan fingerprint density at radius 2 is 1.19 bits per heavy atom. The van der Waals surface area contributed by atoms with Gasteiger partial charge >= 0.3 is 0 Å². The minimum atomic E-state index is -1.54. The maximum Gasteiger partial charge on any atom is 0.217 e. The van der Waals surface area contributed by atoms with E-state index < -0.39 is 39.2 Å². The molecule has 4 nitrogen and oxygen atoms in total. The highest BCUT2D eigenvalue weighted by Gasteiger charge is 2.87. The van der Waals surface area contributed by atoms with Gasteiger partial charge in [-0.05, 0) is 12.2 Å². The monoisotopic (exact) mass is 446 g/mol. The van der Waals surface area contributed by atoms with Crippen LogP contribution in [0.4, 0.5) is 0 Å². The third-order valence-corrected chi connectivity index (χ3v) is 9.49. The zero-order chi connectivity index (χ0) is 19.5. The van der Waals surface area contributed by atoms with E-state index in [0.29, 0.717) is 11.1 Å². The average molecular weight is 448 g/mol. The van der Waals surface area contributed by atoms with Crippen molar-refractivity contribution >= 4 is 58.0 Å². The molecule has 6 atom stereocenters. The van der Waals surface area contributed by atoms with E-state index in [1.54, 1.807) is 0 Å². The van der Waals surface area contributed by atoms with Crippen LogP contribution in [0, 0.1) is 23.7 Å². The van der Waals surface area contributed by atoms with Crippen molar-refractivity contribution < 1.29 is 19.1 Å². The lowest BCUT2D eigenvalue weighted by molar-refractivity contribution is -0.221. The van der Waals surface area contributed by atoms with E-state index >= 15 is 0 Å². The van der Waals surface area contributed by atoms with Crippen LogP contribution in [0.15, 0.2) is 45.5 Å². The number of rotatable bonds is 2. The van der Waals surface area contributed by atoms with Crippen LogP contribution in [0.3, 0.4) is 0 Å². The second-order valence-electron chi connectivity index (χ2n) is 7.45. The fraction of sp³-hybridized carbons (Fsp3) is 0.474. The third-order valence-electron chi connectivity index (χ3n) is 6.84. The Bertz CT molecular complexity index is 875. The van der Waals surface area contributed by atoms with Crippen molar-refractivity contribution in [3.63, 3.8) is 0 Å². The molecule has 27 heavy (non-hydrogen) atoms. The van der Waals surface area contributed by atoms with Crippen molar-refractivity contribution in [3.8, 4) is 0 Å². The molecule has 0 amide bonds. The first-order chi connectivity index (χ1) is 12.7. The Labute approximate surface area is 175 Å². The summed E-state index contributed by atoms with van der Waals surface area (Å²) >= 11 is 27.5. The van der Waals surface area contributed by atoms with Crippen LogP contribution in [0.5, 0.6) is 0 Å². The van der Waals surface area contributed by atoms with Crippen molar-refractivity contribution in [1.82, 2.24) is 0 Å². The lowest BCUT2D eigenvalue weighted by Gasteiger charge is -2.50. The number of hydrogen-bond donors (Lipinski definition) is 0. The van der Waals surface area contributed by atoms with E-state index in [-0.39, 0.29) is 21.6 Å². The molecule has 0 aromatic carbocycles. The number of methoxy groups -OCH3 is 2. The van der Waals surface area contributed by atoms with Crippen molar-refractivity contribution in [2.24, 2.45) is 23.7 Å². The molecule has 8 heteroatoms. The number of carbonyl (C=O) groups is 2. The molecular weight excluding hydrogens is 434 g/mol. The van der Waals surface area contributed by atoms with E-state index in [2.05, 4.69) is 0 Å². The molecule has 142 valence electrons. The van der Waals surface area contributed by atoms with Gasteiger partial charge < -0.3 is 9.47 Å². The molecule has 0 N–H and O–H groups in total. The van der Waals surface area contributed by atoms with Gasteiger partial charge in [-0.1, -0.05) is 35.4 Å². The van der Waals surface area contributed by atoms with Crippen LogP contribution in [0.2, 0.25) is 0 Å². The van der Waals surface area contributed by atoms with Crippen LogP contribution >= 0.6 is 46.4 Å². The van der Waals surface area contributed by atoms with E-state index in [1.807, 2.05) is 12.2 Å². The van der Waals surface area contributed by atoms with Gasteiger partial charge in [0.15, 0.2) is 11.6 Å². The molecule has 1 fully saturated rings. The van der Waals surface area contributed by atoms with Gasteiger partial charge in [0.25, 0.3) is 0 Å². The maximum absolute atomic E-state index is 12.6. The topological polar surface area (TPSA) is 52.6 Å². The van der Waals surface area contributed by atoms with E-state index in [1.165, 1.54) is 26.4 Å². The summed E-state index contributed by atoms with van der Waals surface area (Å²) in [5, 5.41) is 0.332. The van der Waals surface area contributed by atoms with E-state index in [9.17, 15) is 9.59 Å². The summed E-state index contributed by atoms with van der Waals surface area (Å²) in [5.74, 6) is -3.62. The molecule has 0 unspecified atom stereocenters. The molecule has 0 saturated heterocycles. The predicted octanol–water partition coefficient (Wildman–Crippen LogP) is 3.70. The number of ether oxygens (including phenoxy) is 2. The SMILES string of the molecule is COC1(OC)[C@@]2(Cl)C(Cl)=C(Cl)[C@]1(Cl)[C@H]1[C@@H]2[C@H]2C=C[C@@H]1C1=C2C(=O)C=CC1=O. The second kappa shape index (κ2) is 5.29. The molecule has 6 rings (SSSR count). The number of alkyl halides is 2. The van der Waals surface area contributed by atoms with E-state index in [0.717, 1.165) is 0 Å². The molecule has 4 bridgehead atoms. The van der Waals surface area contributed by atoms with Crippen LogP contribution in [-0.2, 0) is 19.1 Å². The quantitative estimate of drug-likeness (QED) is 0.280. The highest BCUT2D eigenvalue weighted by atomic mass is 35.5. The first-order valence-electron chi connectivity index (χ1n) is 8.45. The highest BCUT2D eigenvalue weighted by molar-refractivity contribution is 6.52. The summed E-state index contributed by atoms with van der Waals surface area (Å²) in [7, 11) is 2.88. The fourth-order valence-electron chi connectivity index (χ4n) is 6.03. The van der Waals surface area contributed by atoms with Gasteiger partial charge in [-0.2, -0.15) is 0 Å². The summed E-state index contributed by atoms with van der Waals surface area (Å²) in [6.07, 6.45) is 6.43. The molecule has 0 aromatic rings. The fourth-order valence-corrected chi connectivity index (χ4v) is 8.32. The van der Waals surface area contributed by atoms with Gasteiger partial charge in [-0.15, -0.1) is 23.2 Å². The van der Waals surface area contributed by atoms with Crippen LogP contribution in [-0.4, -0.2) is 41.3 Å². The highest BCUT2D eigenvalue weighted by Crippen LogP contribution is 2.79. The average Bonchev–Trinajstić information content (AvgIpc) is 2.94. The largest absolute Gasteiger partial charge is 0.350 e. The minimum absolute atomic E-state index is 0.166. The summed E-state index contributed by atoms with van der Waals surface area (Å²) in [4.78, 5) is 22.5. The Morgan fingerprint density at radius 3 is 1.52 bits per heavy atom.